The van der Waals surface area contributed by atoms with Gasteiger partial charge < -0.3 is 25.0 Å². The zero-order valence-corrected chi connectivity index (χ0v) is 29.1. The van der Waals surface area contributed by atoms with Gasteiger partial charge in [0, 0.05) is 35.3 Å². The van der Waals surface area contributed by atoms with Gasteiger partial charge in [-0.05, 0) is 91.1 Å². The minimum Gasteiger partial charge on any atom is -0.657 e. The van der Waals surface area contributed by atoms with Gasteiger partial charge in [-0.25, -0.2) is 4.98 Å². The molecule has 0 saturated carbocycles. The molecule has 250 valence electrons. The maximum Gasteiger partial charge on any atom is 2.00 e. The summed E-state index contributed by atoms with van der Waals surface area (Å²) in [7, 11) is 0. The molecule has 5 heterocycles. The third-order valence-corrected chi connectivity index (χ3v) is 9.70. The number of allylic oxidation sites excluding steroid dienone is 3. The predicted octanol–water partition coefficient (Wildman–Crippen LogP) is 7.42. The molecule has 49 heavy (non-hydrogen) atoms. The van der Waals surface area contributed by atoms with E-state index in [-0.39, 0.29) is 48.2 Å². The van der Waals surface area contributed by atoms with Gasteiger partial charge in [0.1, 0.15) is 0 Å². The van der Waals surface area contributed by atoms with Gasteiger partial charge in [-0.15, -0.1) is 17.6 Å². The van der Waals surface area contributed by atoms with E-state index >= 15 is 0 Å². The first-order valence-corrected chi connectivity index (χ1v) is 16.2. The molecule has 2 unspecified atom stereocenters. The average Bonchev–Trinajstić information content (AvgIpc) is 3.72. The van der Waals surface area contributed by atoms with Crippen LogP contribution in [0.2, 0.25) is 0 Å². The number of aromatic amines is 1. The molecule has 0 amide bonds. The van der Waals surface area contributed by atoms with Crippen molar-refractivity contribution in [2.75, 3.05) is 0 Å². The molecular weight excluding hydrogens is 656 g/mol. The first-order chi connectivity index (χ1) is 23.0. The van der Waals surface area contributed by atoms with Crippen molar-refractivity contribution in [3.05, 3.63) is 113 Å². The molecule has 4 aromatic rings. The number of fused-ring (bicyclic) bond motifs is 8. The number of rotatable bonds is 9. The Morgan fingerprint density at radius 2 is 1.71 bits per heavy atom. The summed E-state index contributed by atoms with van der Waals surface area (Å²) in [5.41, 5.74) is 13.3. The van der Waals surface area contributed by atoms with E-state index in [0.717, 1.165) is 78.0 Å². The number of aryl methyl sites for hydroxylation is 3. The van der Waals surface area contributed by atoms with Gasteiger partial charge in [0.25, 0.3) is 0 Å². The SMILES string of the molecule is C=Cc1c(C)c2cc3nc(cc4[nH]c(cc5nc(c(-c6ccccc6)c1[n-]2)C(C)C5C=C)c(C)c4CCC(=O)O)C(CCC(=O)[O-])=C3C.[Fe+2]. The third-order valence-electron chi connectivity index (χ3n) is 9.70. The quantitative estimate of drug-likeness (QED) is 0.138. The molecule has 6 rings (SSSR count). The number of carbonyl (C=O) groups is 2. The van der Waals surface area contributed by atoms with Crippen molar-refractivity contribution in [1.82, 2.24) is 19.9 Å². The van der Waals surface area contributed by atoms with Gasteiger partial charge in [-0.3, -0.25) is 9.78 Å². The van der Waals surface area contributed by atoms with Crippen LogP contribution in [0.3, 0.4) is 0 Å². The van der Waals surface area contributed by atoms with Crippen LogP contribution in [0.25, 0.3) is 50.4 Å². The molecule has 2 aliphatic rings. The Bertz CT molecular complexity index is 2190. The zero-order valence-electron chi connectivity index (χ0n) is 28.0. The first kappa shape index (κ1) is 35.3. The van der Waals surface area contributed by atoms with E-state index in [1.165, 1.54) is 0 Å². The van der Waals surface area contributed by atoms with Crippen LogP contribution in [0.15, 0.2) is 67.8 Å². The fraction of sp³-hybridized carbons (Fsp3) is 0.250. The van der Waals surface area contributed by atoms with Crippen molar-refractivity contribution in [2.45, 2.75) is 65.2 Å². The van der Waals surface area contributed by atoms with Crippen LogP contribution < -0.4 is 10.1 Å². The van der Waals surface area contributed by atoms with E-state index in [0.29, 0.717) is 17.8 Å². The molecule has 8 bridgehead atoms. The van der Waals surface area contributed by atoms with E-state index in [4.69, 9.17) is 15.0 Å². The van der Waals surface area contributed by atoms with Gasteiger partial charge in [-0.1, -0.05) is 67.6 Å². The predicted molar refractivity (Wildman–Crippen MR) is 189 cm³/mol. The van der Waals surface area contributed by atoms with Crippen LogP contribution in [0, 0.1) is 13.8 Å². The zero-order chi connectivity index (χ0) is 34.3. The van der Waals surface area contributed by atoms with Crippen LogP contribution in [-0.2, 0) is 33.1 Å². The fourth-order valence-corrected chi connectivity index (χ4v) is 7.00. The summed E-state index contributed by atoms with van der Waals surface area (Å²) in [6, 6.07) is 16.0. The third kappa shape index (κ3) is 6.56. The van der Waals surface area contributed by atoms with E-state index in [1.54, 1.807) is 0 Å². The largest absolute Gasteiger partial charge is 2.00 e. The number of aromatic nitrogens is 4. The van der Waals surface area contributed by atoms with Gasteiger partial charge >= 0.3 is 23.0 Å². The number of aliphatic carboxylic acids is 2. The Balaban J connectivity index is 0.00000468. The van der Waals surface area contributed by atoms with Crippen LogP contribution in [0.4, 0.5) is 0 Å². The number of carboxylic acids is 2. The number of carbonyl (C=O) groups excluding carboxylic acids is 1. The second-order valence-electron chi connectivity index (χ2n) is 12.5. The molecule has 3 aromatic heterocycles. The molecule has 0 fully saturated rings. The second kappa shape index (κ2) is 14.2. The normalized spacial score (nSPS) is 15.5. The number of carboxylic acid groups (broad SMARTS) is 2. The fourth-order valence-electron chi connectivity index (χ4n) is 7.00. The first-order valence-electron chi connectivity index (χ1n) is 16.2. The maximum absolute atomic E-state index is 11.7. The molecule has 0 saturated heterocycles. The number of hydrogen-bond donors (Lipinski definition) is 2. The van der Waals surface area contributed by atoms with E-state index in [2.05, 4.69) is 37.2 Å². The summed E-state index contributed by atoms with van der Waals surface area (Å²) in [4.78, 5) is 42.3. The average molecular weight is 695 g/mol. The van der Waals surface area contributed by atoms with Crippen LogP contribution in [0.1, 0.15) is 90.0 Å². The van der Waals surface area contributed by atoms with Gasteiger partial charge in [-0.2, -0.15) is 0 Å². The van der Waals surface area contributed by atoms with Crippen molar-refractivity contribution >= 4 is 51.2 Å². The number of H-pyrrole nitrogens is 1. The molecule has 1 aromatic carbocycles. The van der Waals surface area contributed by atoms with E-state index in [1.807, 2.05) is 69.3 Å². The minimum atomic E-state index is -1.14. The Hall–Kier alpha value is -4.98. The molecule has 2 N–H and O–H groups in total. The van der Waals surface area contributed by atoms with Crippen LogP contribution in [0.5, 0.6) is 0 Å². The number of benzene rings is 1. The van der Waals surface area contributed by atoms with Crippen molar-refractivity contribution in [3.63, 3.8) is 0 Å². The summed E-state index contributed by atoms with van der Waals surface area (Å²) >= 11 is 0. The van der Waals surface area contributed by atoms with Gasteiger partial charge in [0.05, 0.1) is 22.8 Å². The standard InChI is InChI=1S/C40H40N4O4.Fe/c1-7-26-24(6)39-38(25-12-10-9-11-13-25)40-27(8-2)21(3)32(43-40)18-30-22(4)28(14-16-36(45)46)34(41-30)20-35-29(15-17-37(47)48)23(5)31(42-35)19-33(26)44-39;/h7-13,18-20,24,26H,1-2,14-17H2,3-6H3,(H4,41,42,43,44,45,46,47,48);/q;+2/p-2. The Kier molecular flexibility index (Phi) is 10.3. The Morgan fingerprint density at radius 1 is 0.980 bits per heavy atom. The molecule has 0 spiro atoms. The van der Waals surface area contributed by atoms with Crippen LogP contribution >= 0.6 is 0 Å². The number of nitrogens with zero attached hydrogens (tertiary/aromatic N) is 3. The molecule has 2 atom stereocenters. The van der Waals surface area contributed by atoms with Gasteiger partial charge in [0.15, 0.2) is 0 Å². The summed E-state index contributed by atoms with van der Waals surface area (Å²) < 4.78 is 0. The monoisotopic (exact) mass is 694 g/mol. The Morgan fingerprint density at radius 3 is 2.37 bits per heavy atom. The molecule has 9 heteroatoms. The topological polar surface area (TPSA) is 133 Å². The summed E-state index contributed by atoms with van der Waals surface area (Å²) in [5, 5.41) is 21.1. The van der Waals surface area contributed by atoms with E-state index < -0.39 is 11.9 Å². The molecular formula is C40H38FeN4O4. The van der Waals surface area contributed by atoms with Crippen LogP contribution in [-0.4, -0.2) is 32.0 Å². The molecule has 8 nitrogen and oxygen atoms in total. The van der Waals surface area contributed by atoms with E-state index in [9.17, 15) is 19.8 Å². The second-order valence-corrected chi connectivity index (χ2v) is 12.5. The molecule has 0 aliphatic carbocycles. The minimum absolute atomic E-state index is 0. The molecule has 0 radical (unpaired) electrons. The van der Waals surface area contributed by atoms with Crippen molar-refractivity contribution < 1.29 is 36.9 Å². The summed E-state index contributed by atoms with van der Waals surface area (Å²) in [6.07, 6.45) is 4.12. The number of hydrogen-bond acceptors (Lipinski definition) is 5. The van der Waals surface area contributed by atoms with Gasteiger partial charge in [0.2, 0.25) is 0 Å². The smallest absolute Gasteiger partial charge is 0.657 e. The number of nitrogens with one attached hydrogen (secondary N) is 1. The summed E-state index contributed by atoms with van der Waals surface area (Å²) in [6.45, 7) is 16.4. The van der Waals surface area contributed by atoms with Crippen molar-refractivity contribution in [1.29, 1.82) is 0 Å². The maximum atomic E-state index is 11.7. The van der Waals surface area contributed by atoms with Crippen molar-refractivity contribution in [3.8, 4) is 11.1 Å². The summed E-state index contributed by atoms with van der Waals surface area (Å²) in [5.74, 6) is -2.13. The Labute approximate surface area is 296 Å². The molecule has 2 aliphatic heterocycles. The van der Waals surface area contributed by atoms with Crippen molar-refractivity contribution in [2.24, 2.45) is 0 Å².